The van der Waals surface area contributed by atoms with Gasteiger partial charge in [-0.3, -0.25) is 4.79 Å². The van der Waals surface area contributed by atoms with Crippen LogP contribution in [0.15, 0.2) is 65.4 Å². The predicted molar refractivity (Wildman–Crippen MR) is 106 cm³/mol. The number of benzene rings is 2. The molecule has 4 aromatic rings. The first-order chi connectivity index (χ1) is 12.7. The molecule has 26 heavy (non-hydrogen) atoms. The van der Waals surface area contributed by atoms with Crippen LogP contribution < -0.4 is 10.1 Å². The number of fused-ring (bicyclic) bond motifs is 1. The average molecular weight is 362 g/mol. The van der Waals surface area contributed by atoms with Crippen LogP contribution in [0.25, 0.3) is 22.0 Å². The van der Waals surface area contributed by atoms with Crippen molar-refractivity contribution in [3.63, 3.8) is 0 Å². The van der Waals surface area contributed by atoms with Crippen molar-refractivity contribution >= 4 is 28.1 Å². The molecule has 0 saturated heterocycles. The molecule has 0 unspecified atom stereocenters. The molecule has 5 heteroatoms. The van der Waals surface area contributed by atoms with E-state index in [4.69, 9.17) is 4.74 Å². The first-order valence-corrected chi connectivity index (χ1v) is 9.24. The Morgan fingerprint density at radius 2 is 2.04 bits per heavy atom. The molecule has 0 bridgehead atoms. The fraction of sp³-hybridized carbons (Fsp3) is 0.0952. The van der Waals surface area contributed by atoms with Crippen LogP contribution in [0.4, 0.5) is 0 Å². The van der Waals surface area contributed by atoms with Crippen LogP contribution in [-0.2, 0) is 6.54 Å². The maximum absolute atomic E-state index is 12.6. The number of nitrogens with one attached hydrogen (secondary N) is 2. The number of aromatic nitrogens is 1. The Morgan fingerprint density at radius 1 is 1.15 bits per heavy atom. The number of methoxy groups -OCH3 is 1. The first-order valence-electron chi connectivity index (χ1n) is 8.30. The second-order valence-corrected chi connectivity index (χ2v) is 6.77. The third kappa shape index (κ3) is 3.21. The number of carbonyl (C=O) groups excluding carboxylic acids is 1. The van der Waals surface area contributed by atoms with E-state index in [-0.39, 0.29) is 5.91 Å². The van der Waals surface area contributed by atoms with Crippen LogP contribution in [0.2, 0.25) is 0 Å². The SMILES string of the molecule is COc1ccc2cc(C(=O)NCc3ccccc3-c3ccsc3)[nH]c2c1. The lowest BCUT2D eigenvalue weighted by Crippen LogP contribution is -2.23. The number of amides is 1. The lowest BCUT2D eigenvalue weighted by atomic mass is 10.0. The number of rotatable bonds is 5. The van der Waals surface area contributed by atoms with Crippen molar-refractivity contribution < 1.29 is 9.53 Å². The van der Waals surface area contributed by atoms with E-state index in [1.165, 1.54) is 5.56 Å². The van der Waals surface area contributed by atoms with Gasteiger partial charge in [0.2, 0.25) is 0 Å². The number of thiophene rings is 1. The topological polar surface area (TPSA) is 54.1 Å². The number of H-pyrrole nitrogens is 1. The summed E-state index contributed by atoms with van der Waals surface area (Å²) in [6.45, 7) is 0.476. The Morgan fingerprint density at radius 3 is 2.85 bits per heavy atom. The lowest BCUT2D eigenvalue weighted by Gasteiger charge is -2.09. The molecule has 0 fully saturated rings. The van der Waals surface area contributed by atoms with Crippen molar-refractivity contribution in [1.82, 2.24) is 10.3 Å². The fourth-order valence-electron chi connectivity index (χ4n) is 3.00. The van der Waals surface area contributed by atoms with Crippen LogP contribution in [0, 0.1) is 0 Å². The molecule has 2 aromatic carbocycles. The van der Waals surface area contributed by atoms with E-state index in [0.29, 0.717) is 12.2 Å². The molecule has 0 aliphatic heterocycles. The summed E-state index contributed by atoms with van der Waals surface area (Å²) in [4.78, 5) is 15.7. The highest BCUT2D eigenvalue weighted by Crippen LogP contribution is 2.26. The van der Waals surface area contributed by atoms with Crippen LogP contribution in [0.1, 0.15) is 16.1 Å². The molecule has 4 nitrogen and oxygen atoms in total. The van der Waals surface area contributed by atoms with Gasteiger partial charge < -0.3 is 15.0 Å². The molecule has 2 heterocycles. The molecular formula is C21H18N2O2S. The largest absolute Gasteiger partial charge is 0.497 e. The van der Waals surface area contributed by atoms with E-state index < -0.39 is 0 Å². The molecular weight excluding hydrogens is 344 g/mol. The summed E-state index contributed by atoms with van der Waals surface area (Å²) in [5, 5.41) is 8.17. The van der Waals surface area contributed by atoms with E-state index in [1.54, 1.807) is 18.4 Å². The zero-order valence-corrected chi connectivity index (χ0v) is 15.1. The second-order valence-electron chi connectivity index (χ2n) is 5.99. The second kappa shape index (κ2) is 7.06. The Hall–Kier alpha value is -3.05. The Labute approximate surface area is 155 Å². The van der Waals surface area contributed by atoms with Crippen LogP contribution in [-0.4, -0.2) is 18.0 Å². The molecule has 0 radical (unpaired) electrons. The van der Waals surface area contributed by atoms with E-state index in [0.717, 1.165) is 27.8 Å². The zero-order valence-electron chi connectivity index (χ0n) is 14.3. The highest BCUT2D eigenvalue weighted by atomic mass is 32.1. The van der Waals surface area contributed by atoms with E-state index in [1.807, 2.05) is 42.5 Å². The number of hydrogen-bond acceptors (Lipinski definition) is 3. The maximum Gasteiger partial charge on any atom is 0.267 e. The summed E-state index contributed by atoms with van der Waals surface area (Å²) in [5.74, 6) is 0.635. The number of hydrogen-bond donors (Lipinski definition) is 2. The quantitative estimate of drug-likeness (QED) is 0.534. The van der Waals surface area contributed by atoms with Gasteiger partial charge in [-0.2, -0.15) is 11.3 Å². The van der Waals surface area contributed by atoms with Gasteiger partial charge in [-0.15, -0.1) is 0 Å². The molecule has 0 aliphatic rings. The van der Waals surface area contributed by atoms with Crippen molar-refractivity contribution in [2.24, 2.45) is 0 Å². The molecule has 1 amide bonds. The van der Waals surface area contributed by atoms with Gasteiger partial charge in [-0.05, 0) is 51.7 Å². The average Bonchev–Trinajstić information content (AvgIpc) is 3.35. The fourth-order valence-corrected chi connectivity index (χ4v) is 3.66. The standard InChI is InChI=1S/C21H18N2O2S/c1-25-17-7-6-14-10-20(23-19(14)11-17)21(24)22-12-15-4-2-3-5-18(15)16-8-9-26-13-16/h2-11,13,23H,12H2,1H3,(H,22,24). The monoisotopic (exact) mass is 362 g/mol. The van der Waals surface area contributed by atoms with E-state index in [9.17, 15) is 4.79 Å². The predicted octanol–water partition coefficient (Wildman–Crippen LogP) is 4.84. The van der Waals surface area contributed by atoms with Gasteiger partial charge in [0.05, 0.1) is 7.11 Å². The molecule has 2 N–H and O–H groups in total. The van der Waals surface area contributed by atoms with Gasteiger partial charge in [0.25, 0.3) is 5.91 Å². The third-order valence-corrected chi connectivity index (χ3v) is 5.05. The normalized spacial score (nSPS) is 10.8. The maximum atomic E-state index is 12.6. The minimum Gasteiger partial charge on any atom is -0.497 e. The summed E-state index contributed by atoms with van der Waals surface area (Å²) in [6.07, 6.45) is 0. The van der Waals surface area contributed by atoms with Gasteiger partial charge >= 0.3 is 0 Å². The van der Waals surface area contributed by atoms with Gasteiger partial charge in [-0.25, -0.2) is 0 Å². The number of carbonyl (C=O) groups is 1. The van der Waals surface area contributed by atoms with Crippen molar-refractivity contribution in [3.8, 4) is 16.9 Å². The zero-order chi connectivity index (χ0) is 17.9. The van der Waals surface area contributed by atoms with Gasteiger partial charge in [0.15, 0.2) is 0 Å². The molecule has 0 saturated carbocycles. The minimum atomic E-state index is -0.125. The summed E-state index contributed by atoms with van der Waals surface area (Å²) >= 11 is 1.67. The van der Waals surface area contributed by atoms with Crippen molar-refractivity contribution in [1.29, 1.82) is 0 Å². The number of aromatic amines is 1. The third-order valence-electron chi connectivity index (χ3n) is 4.36. The van der Waals surface area contributed by atoms with E-state index in [2.05, 4.69) is 33.2 Å². The smallest absolute Gasteiger partial charge is 0.267 e. The Balaban J connectivity index is 1.53. The van der Waals surface area contributed by atoms with Gasteiger partial charge in [0.1, 0.15) is 11.4 Å². The lowest BCUT2D eigenvalue weighted by molar-refractivity contribution is 0.0947. The van der Waals surface area contributed by atoms with Crippen molar-refractivity contribution in [2.45, 2.75) is 6.54 Å². The molecule has 0 spiro atoms. The van der Waals surface area contributed by atoms with Crippen LogP contribution in [0.5, 0.6) is 5.75 Å². The molecule has 2 aromatic heterocycles. The van der Waals surface area contributed by atoms with Crippen molar-refractivity contribution in [2.75, 3.05) is 7.11 Å². The van der Waals surface area contributed by atoms with Gasteiger partial charge in [0, 0.05) is 23.5 Å². The van der Waals surface area contributed by atoms with Crippen molar-refractivity contribution in [3.05, 3.63) is 76.6 Å². The van der Waals surface area contributed by atoms with Crippen LogP contribution >= 0.6 is 11.3 Å². The summed E-state index contributed by atoms with van der Waals surface area (Å²) in [7, 11) is 1.63. The molecule has 130 valence electrons. The molecule has 0 aliphatic carbocycles. The number of ether oxygens (including phenoxy) is 1. The Bertz CT molecular complexity index is 1050. The first kappa shape index (κ1) is 16.4. The Kier molecular flexibility index (Phi) is 4.46. The summed E-state index contributed by atoms with van der Waals surface area (Å²) in [5.41, 5.74) is 4.85. The minimum absolute atomic E-state index is 0.125. The molecule has 4 rings (SSSR count). The highest BCUT2D eigenvalue weighted by molar-refractivity contribution is 7.08. The highest BCUT2D eigenvalue weighted by Gasteiger charge is 2.11. The van der Waals surface area contributed by atoms with E-state index >= 15 is 0 Å². The summed E-state index contributed by atoms with van der Waals surface area (Å²) in [6, 6.07) is 17.8. The van der Waals surface area contributed by atoms with Gasteiger partial charge in [-0.1, -0.05) is 24.3 Å². The molecule has 0 atom stereocenters. The van der Waals surface area contributed by atoms with Crippen LogP contribution in [0.3, 0.4) is 0 Å². The summed E-state index contributed by atoms with van der Waals surface area (Å²) < 4.78 is 5.23.